The monoisotopic (exact) mass is 328 g/mol. The van der Waals surface area contributed by atoms with Gasteiger partial charge in [0.2, 0.25) is 0 Å². The van der Waals surface area contributed by atoms with Crippen molar-refractivity contribution in [1.82, 2.24) is 0 Å². The van der Waals surface area contributed by atoms with Gasteiger partial charge in [-0.05, 0) is 31.7 Å². The van der Waals surface area contributed by atoms with E-state index in [1.807, 2.05) is 0 Å². The van der Waals surface area contributed by atoms with Gasteiger partial charge in [0.05, 0.1) is 6.61 Å². The molecule has 1 N–H and O–H groups in total. The zero-order chi connectivity index (χ0) is 17.3. The highest BCUT2D eigenvalue weighted by atomic mass is 19.3. The molecule has 0 aliphatic rings. The van der Waals surface area contributed by atoms with Gasteiger partial charge in [-0.15, -0.1) is 0 Å². The number of carbonyl (C=O) groups is 2. The lowest BCUT2D eigenvalue weighted by Crippen LogP contribution is -2.28. The summed E-state index contributed by atoms with van der Waals surface area (Å²) < 4.78 is 32.0. The first kappa shape index (κ1) is 19.1. The Morgan fingerprint density at radius 3 is 2.26 bits per heavy atom. The van der Waals surface area contributed by atoms with Gasteiger partial charge in [-0.2, -0.15) is 8.78 Å². The molecule has 4 nitrogen and oxygen atoms in total. The number of alkyl halides is 2. The molecular formula is C17H22F2O4. The summed E-state index contributed by atoms with van der Waals surface area (Å²) in [6.45, 7) is 1.39. The maximum Gasteiger partial charge on any atom is 0.381 e. The molecule has 0 aromatic heterocycles. The van der Waals surface area contributed by atoms with Crippen molar-refractivity contribution >= 4 is 11.9 Å². The minimum atomic E-state index is -3.63. The summed E-state index contributed by atoms with van der Waals surface area (Å²) in [5.74, 6) is -5.96. The highest BCUT2D eigenvalue weighted by molar-refractivity contribution is 5.79. The molecule has 0 bridgehead atoms. The molecule has 0 unspecified atom stereocenters. The molecule has 0 heterocycles. The zero-order valence-corrected chi connectivity index (χ0v) is 13.2. The second-order valence-electron chi connectivity index (χ2n) is 5.30. The van der Waals surface area contributed by atoms with Crippen LogP contribution in [0.4, 0.5) is 8.78 Å². The quantitative estimate of drug-likeness (QED) is 0.522. The lowest BCUT2D eigenvalue weighted by Gasteiger charge is -2.15. The molecule has 0 saturated heterocycles. The van der Waals surface area contributed by atoms with Crippen molar-refractivity contribution in [3.05, 3.63) is 35.4 Å². The molecule has 0 fully saturated rings. The third-order valence-electron chi connectivity index (χ3n) is 3.45. The zero-order valence-electron chi connectivity index (χ0n) is 13.2. The lowest BCUT2D eigenvalue weighted by atomic mass is 10.0. The standard InChI is InChI=1S/C17H22F2O4/c1-2-23-16(22)17(18,19)14-11-9-13(10-12-14)7-5-3-4-6-8-15(20)21/h9-12H,2-8H2,1H3,(H,20,21). The van der Waals surface area contributed by atoms with Crippen LogP contribution < -0.4 is 0 Å². The molecule has 0 spiro atoms. The van der Waals surface area contributed by atoms with Crippen LogP contribution in [0.2, 0.25) is 0 Å². The maximum atomic E-state index is 13.8. The van der Waals surface area contributed by atoms with Crippen molar-refractivity contribution in [1.29, 1.82) is 0 Å². The van der Waals surface area contributed by atoms with Gasteiger partial charge in [0.1, 0.15) is 0 Å². The molecule has 0 aliphatic carbocycles. The van der Waals surface area contributed by atoms with Gasteiger partial charge in [0.15, 0.2) is 0 Å². The molecule has 0 amide bonds. The molecule has 1 aromatic carbocycles. The number of carboxylic acids is 1. The van der Waals surface area contributed by atoms with Crippen molar-refractivity contribution < 1.29 is 28.2 Å². The van der Waals surface area contributed by atoms with E-state index in [1.54, 1.807) is 12.1 Å². The summed E-state index contributed by atoms with van der Waals surface area (Å²) in [5.41, 5.74) is 0.535. The number of aryl methyl sites for hydroxylation is 1. The van der Waals surface area contributed by atoms with Gasteiger partial charge in [-0.3, -0.25) is 4.79 Å². The van der Waals surface area contributed by atoms with Crippen LogP contribution in [0.15, 0.2) is 24.3 Å². The number of hydrogen-bond acceptors (Lipinski definition) is 3. The number of esters is 1. The Morgan fingerprint density at radius 1 is 1.09 bits per heavy atom. The van der Waals surface area contributed by atoms with Crippen LogP contribution >= 0.6 is 0 Å². The predicted molar refractivity (Wildman–Crippen MR) is 81.4 cm³/mol. The van der Waals surface area contributed by atoms with Gasteiger partial charge < -0.3 is 9.84 Å². The Hall–Kier alpha value is -1.98. The van der Waals surface area contributed by atoms with E-state index in [-0.39, 0.29) is 18.6 Å². The number of carbonyl (C=O) groups excluding carboxylic acids is 1. The van der Waals surface area contributed by atoms with Crippen LogP contribution in [-0.4, -0.2) is 23.7 Å². The molecule has 0 aliphatic heterocycles. The second kappa shape index (κ2) is 9.22. The molecule has 1 rings (SSSR count). The van der Waals surface area contributed by atoms with E-state index in [0.29, 0.717) is 6.42 Å². The van der Waals surface area contributed by atoms with E-state index in [2.05, 4.69) is 4.74 Å². The molecule has 1 aromatic rings. The average Bonchev–Trinajstić information content (AvgIpc) is 2.51. The predicted octanol–water partition coefficient (Wildman–Crippen LogP) is 3.92. The van der Waals surface area contributed by atoms with Crippen LogP contribution in [-0.2, 0) is 26.7 Å². The highest BCUT2D eigenvalue weighted by Crippen LogP contribution is 2.29. The van der Waals surface area contributed by atoms with Gasteiger partial charge in [-0.25, -0.2) is 4.79 Å². The molecule has 0 radical (unpaired) electrons. The van der Waals surface area contributed by atoms with Crippen LogP contribution in [0.3, 0.4) is 0 Å². The smallest absolute Gasteiger partial charge is 0.381 e. The number of unbranched alkanes of at least 4 members (excludes halogenated alkanes) is 3. The fourth-order valence-corrected chi connectivity index (χ4v) is 2.18. The van der Waals surface area contributed by atoms with E-state index in [4.69, 9.17) is 5.11 Å². The highest BCUT2D eigenvalue weighted by Gasteiger charge is 2.42. The molecule has 23 heavy (non-hydrogen) atoms. The third-order valence-corrected chi connectivity index (χ3v) is 3.45. The van der Waals surface area contributed by atoms with Gasteiger partial charge in [0.25, 0.3) is 0 Å². The summed E-state index contributed by atoms with van der Waals surface area (Å²) in [4.78, 5) is 21.6. The topological polar surface area (TPSA) is 63.6 Å². The Balaban J connectivity index is 2.44. The first-order valence-corrected chi connectivity index (χ1v) is 7.74. The van der Waals surface area contributed by atoms with E-state index >= 15 is 0 Å². The number of aliphatic carboxylic acids is 1. The number of carboxylic acid groups (broad SMARTS) is 1. The van der Waals surface area contributed by atoms with Crippen LogP contribution in [0.1, 0.15) is 50.2 Å². The summed E-state index contributed by atoms with van der Waals surface area (Å²) in [6, 6.07) is 5.66. The fourth-order valence-electron chi connectivity index (χ4n) is 2.18. The number of rotatable bonds is 10. The van der Waals surface area contributed by atoms with E-state index in [1.165, 1.54) is 19.1 Å². The lowest BCUT2D eigenvalue weighted by molar-refractivity contribution is -0.173. The average molecular weight is 328 g/mol. The second-order valence-corrected chi connectivity index (χ2v) is 5.30. The van der Waals surface area contributed by atoms with E-state index in [0.717, 1.165) is 31.2 Å². The number of halogens is 2. The van der Waals surface area contributed by atoms with E-state index < -0.39 is 17.9 Å². The Bertz CT molecular complexity index is 512. The van der Waals surface area contributed by atoms with Gasteiger partial charge >= 0.3 is 17.9 Å². The van der Waals surface area contributed by atoms with Gasteiger partial charge in [0, 0.05) is 12.0 Å². The van der Waals surface area contributed by atoms with Crippen molar-refractivity contribution in [2.45, 2.75) is 51.4 Å². The minimum Gasteiger partial charge on any atom is -0.481 e. The van der Waals surface area contributed by atoms with Crippen LogP contribution in [0.25, 0.3) is 0 Å². The molecule has 0 atom stereocenters. The fraction of sp³-hybridized carbons (Fsp3) is 0.529. The number of ether oxygens (including phenoxy) is 1. The van der Waals surface area contributed by atoms with Gasteiger partial charge in [-0.1, -0.05) is 37.1 Å². The van der Waals surface area contributed by atoms with Crippen molar-refractivity contribution in [3.8, 4) is 0 Å². The van der Waals surface area contributed by atoms with Crippen molar-refractivity contribution in [3.63, 3.8) is 0 Å². The third kappa shape index (κ3) is 6.34. The van der Waals surface area contributed by atoms with Crippen LogP contribution in [0.5, 0.6) is 0 Å². The Kier molecular flexibility index (Phi) is 7.65. The Labute approximate surface area is 134 Å². The largest absolute Gasteiger partial charge is 0.481 e. The molecular weight excluding hydrogens is 306 g/mol. The molecule has 6 heteroatoms. The first-order valence-electron chi connectivity index (χ1n) is 7.74. The Morgan fingerprint density at radius 2 is 1.70 bits per heavy atom. The van der Waals surface area contributed by atoms with E-state index in [9.17, 15) is 18.4 Å². The summed E-state index contributed by atoms with van der Waals surface area (Å²) in [5, 5.41) is 8.52. The normalized spacial score (nSPS) is 11.3. The number of hydrogen-bond donors (Lipinski definition) is 1. The number of benzene rings is 1. The maximum absolute atomic E-state index is 13.8. The summed E-state index contributed by atoms with van der Waals surface area (Å²) >= 11 is 0. The molecule has 128 valence electrons. The minimum absolute atomic E-state index is 0.0889. The van der Waals surface area contributed by atoms with Crippen molar-refractivity contribution in [2.24, 2.45) is 0 Å². The summed E-state index contributed by atoms with van der Waals surface area (Å²) in [7, 11) is 0. The van der Waals surface area contributed by atoms with Crippen LogP contribution in [0, 0.1) is 0 Å². The van der Waals surface area contributed by atoms with Crippen molar-refractivity contribution in [2.75, 3.05) is 6.61 Å². The SMILES string of the molecule is CCOC(=O)C(F)(F)c1ccc(CCCCCCC(=O)O)cc1. The summed E-state index contributed by atoms with van der Waals surface area (Å²) in [6.07, 6.45) is 4.17. The first-order chi connectivity index (χ1) is 10.9. The molecule has 0 saturated carbocycles.